The Bertz CT molecular complexity index is 386. The fourth-order valence-corrected chi connectivity index (χ4v) is 1.33. The van der Waals surface area contributed by atoms with Crippen molar-refractivity contribution < 1.29 is 21.6 Å². The van der Waals surface area contributed by atoms with Gasteiger partial charge in [-0.2, -0.15) is 13.2 Å². The molecule has 0 unspecified atom stereocenters. The number of sulfone groups is 1. The maximum absolute atomic E-state index is 11.8. The Hall–Kier alpha value is -1.25. The third-order valence-corrected chi connectivity index (χ3v) is 2.30. The van der Waals surface area contributed by atoms with E-state index < -0.39 is 27.7 Å². The molecule has 9 heteroatoms. The van der Waals surface area contributed by atoms with Gasteiger partial charge in [0.1, 0.15) is 6.54 Å². The number of rotatable bonds is 3. The minimum absolute atomic E-state index is 0.289. The molecule has 0 aromatic rings. The van der Waals surface area contributed by atoms with Gasteiger partial charge in [0.2, 0.25) is 15.0 Å². The Labute approximate surface area is 91.4 Å². The summed E-state index contributed by atoms with van der Waals surface area (Å²) >= 11 is 0. The molecule has 0 atom stereocenters. The average molecular weight is 259 g/mol. The van der Waals surface area contributed by atoms with Crippen LogP contribution >= 0.6 is 0 Å². The van der Waals surface area contributed by atoms with E-state index in [1.165, 1.54) is 7.05 Å². The molecule has 0 aliphatic heterocycles. The van der Waals surface area contributed by atoms with E-state index in [0.29, 0.717) is 0 Å². The molecule has 0 radical (unpaired) electrons. The van der Waals surface area contributed by atoms with Crippen LogP contribution in [0.15, 0.2) is 17.4 Å². The summed E-state index contributed by atoms with van der Waals surface area (Å²) in [6, 6.07) is 0. The SMILES string of the molecule is C=C(NCC(F)(F)F)NC(=NC)S(C)(=O)=O. The van der Waals surface area contributed by atoms with Crippen molar-refractivity contribution in [3.63, 3.8) is 0 Å². The molecule has 0 spiro atoms. The Morgan fingerprint density at radius 1 is 1.44 bits per heavy atom. The third-order valence-electron chi connectivity index (χ3n) is 1.31. The van der Waals surface area contributed by atoms with Crippen molar-refractivity contribution in [1.82, 2.24) is 10.6 Å². The van der Waals surface area contributed by atoms with E-state index in [9.17, 15) is 21.6 Å². The highest BCUT2D eigenvalue weighted by Gasteiger charge is 2.27. The van der Waals surface area contributed by atoms with Crippen LogP contribution in [-0.2, 0) is 9.84 Å². The molecule has 16 heavy (non-hydrogen) atoms. The van der Waals surface area contributed by atoms with Gasteiger partial charge in [-0.15, -0.1) is 0 Å². The van der Waals surface area contributed by atoms with Crippen molar-refractivity contribution in [2.45, 2.75) is 6.18 Å². The van der Waals surface area contributed by atoms with Crippen LogP contribution in [0, 0.1) is 0 Å². The van der Waals surface area contributed by atoms with E-state index in [1.54, 1.807) is 0 Å². The molecule has 0 bridgehead atoms. The molecule has 0 fully saturated rings. The molecule has 94 valence electrons. The number of hydrogen-bond acceptors (Lipinski definition) is 4. The zero-order valence-electron chi connectivity index (χ0n) is 8.72. The van der Waals surface area contributed by atoms with Crippen LogP contribution in [0.3, 0.4) is 0 Å². The molecule has 0 aromatic heterocycles. The van der Waals surface area contributed by atoms with E-state index in [0.717, 1.165) is 6.26 Å². The van der Waals surface area contributed by atoms with Crippen LogP contribution in [-0.4, -0.2) is 39.6 Å². The Kier molecular flexibility index (Phi) is 4.79. The molecule has 0 aliphatic carbocycles. The largest absolute Gasteiger partial charge is 0.405 e. The van der Waals surface area contributed by atoms with Gasteiger partial charge < -0.3 is 10.6 Å². The lowest BCUT2D eigenvalue weighted by Crippen LogP contribution is -2.38. The highest BCUT2D eigenvalue weighted by Crippen LogP contribution is 2.12. The third kappa shape index (κ3) is 6.27. The zero-order chi connectivity index (χ0) is 13.0. The molecule has 0 aliphatic rings. The summed E-state index contributed by atoms with van der Waals surface area (Å²) in [6.07, 6.45) is -3.53. The lowest BCUT2D eigenvalue weighted by molar-refractivity contribution is -0.123. The van der Waals surface area contributed by atoms with E-state index in [4.69, 9.17) is 0 Å². The molecule has 0 saturated carbocycles. The number of aliphatic imine (C=N–C) groups is 1. The van der Waals surface area contributed by atoms with Crippen LogP contribution in [0.2, 0.25) is 0 Å². The number of nitrogens with zero attached hydrogens (tertiary/aromatic N) is 1. The van der Waals surface area contributed by atoms with Crippen LogP contribution in [0.5, 0.6) is 0 Å². The first-order chi connectivity index (χ1) is 7.06. The molecule has 2 N–H and O–H groups in total. The topological polar surface area (TPSA) is 70.6 Å². The van der Waals surface area contributed by atoms with Crippen LogP contribution in [0.4, 0.5) is 13.2 Å². The van der Waals surface area contributed by atoms with Gasteiger partial charge in [0.05, 0.1) is 5.82 Å². The first-order valence-corrected chi connectivity index (χ1v) is 5.89. The second kappa shape index (κ2) is 5.19. The Balaban J connectivity index is 4.37. The van der Waals surface area contributed by atoms with Crippen LogP contribution < -0.4 is 10.6 Å². The first kappa shape index (κ1) is 14.8. The lowest BCUT2D eigenvalue weighted by Gasteiger charge is -2.13. The smallest absolute Gasteiger partial charge is 0.363 e. The molecule has 0 saturated heterocycles. The Morgan fingerprint density at radius 3 is 2.25 bits per heavy atom. The summed E-state index contributed by atoms with van der Waals surface area (Å²) in [4.78, 5) is 3.38. The summed E-state index contributed by atoms with van der Waals surface area (Å²) in [5.74, 6) is -0.289. The van der Waals surface area contributed by atoms with Gasteiger partial charge in [-0.05, 0) is 0 Å². The highest BCUT2D eigenvalue weighted by molar-refractivity contribution is 8.05. The predicted molar refractivity (Wildman–Crippen MR) is 54.5 cm³/mol. The molecule has 0 aromatic carbocycles. The van der Waals surface area contributed by atoms with E-state index in [2.05, 4.69) is 16.9 Å². The second-order valence-electron chi connectivity index (χ2n) is 2.87. The molecule has 0 amide bonds. The predicted octanol–water partition coefficient (Wildman–Crippen LogP) is 0.229. The standard InChI is InChI=1S/C7H12F3N3O2S/c1-5(12-4-7(8,9)10)13-6(11-2)16(3,14)15/h12H,1,4H2,2-3H3,(H,11,13). The van der Waals surface area contributed by atoms with Gasteiger partial charge >= 0.3 is 6.18 Å². The zero-order valence-corrected chi connectivity index (χ0v) is 9.54. The molecule has 0 rings (SSSR count). The van der Waals surface area contributed by atoms with Crippen LogP contribution in [0.25, 0.3) is 0 Å². The molecule has 5 nitrogen and oxygen atoms in total. The quantitative estimate of drug-likeness (QED) is 0.562. The van der Waals surface area contributed by atoms with Crippen LogP contribution in [0.1, 0.15) is 0 Å². The summed E-state index contributed by atoms with van der Waals surface area (Å²) in [6.45, 7) is 1.89. The van der Waals surface area contributed by atoms with E-state index in [1.807, 2.05) is 5.32 Å². The van der Waals surface area contributed by atoms with Crippen molar-refractivity contribution in [1.29, 1.82) is 0 Å². The first-order valence-electron chi connectivity index (χ1n) is 3.99. The monoisotopic (exact) mass is 259 g/mol. The van der Waals surface area contributed by atoms with Gasteiger partial charge in [0.15, 0.2) is 0 Å². The van der Waals surface area contributed by atoms with E-state index >= 15 is 0 Å². The number of amidine groups is 1. The number of nitrogens with one attached hydrogen (secondary N) is 2. The maximum Gasteiger partial charge on any atom is 0.405 e. The fourth-order valence-electron chi connectivity index (χ4n) is 0.695. The number of alkyl halides is 3. The van der Waals surface area contributed by atoms with Gasteiger partial charge in [-0.1, -0.05) is 6.58 Å². The minimum atomic E-state index is -4.40. The summed E-state index contributed by atoms with van der Waals surface area (Å²) in [5.41, 5.74) is 0. The number of halogens is 3. The van der Waals surface area contributed by atoms with Gasteiger partial charge in [0.25, 0.3) is 0 Å². The minimum Gasteiger partial charge on any atom is -0.363 e. The van der Waals surface area contributed by atoms with Crippen molar-refractivity contribution in [2.24, 2.45) is 4.99 Å². The van der Waals surface area contributed by atoms with Gasteiger partial charge in [-0.25, -0.2) is 8.42 Å². The van der Waals surface area contributed by atoms with Crippen molar-refractivity contribution in [3.8, 4) is 0 Å². The summed E-state index contributed by atoms with van der Waals surface area (Å²) in [5, 5.41) is 3.57. The van der Waals surface area contributed by atoms with Gasteiger partial charge in [0, 0.05) is 13.3 Å². The van der Waals surface area contributed by atoms with E-state index in [-0.39, 0.29) is 5.82 Å². The summed E-state index contributed by atoms with van der Waals surface area (Å²) in [7, 11) is -2.41. The van der Waals surface area contributed by atoms with Gasteiger partial charge in [-0.3, -0.25) is 4.99 Å². The lowest BCUT2D eigenvalue weighted by atomic mass is 10.6. The molecular formula is C7H12F3N3O2S. The number of hydrogen-bond donors (Lipinski definition) is 2. The molecule has 0 heterocycles. The second-order valence-corrected chi connectivity index (χ2v) is 4.80. The average Bonchev–Trinajstić information content (AvgIpc) is 2.07. The van der Waals surface area contributed by atoms with Crippen molar-refractivity contribution >= 4 is 15.0 Å². The fraction of sp³-hybridized carbons (Fsp3) is 0.571. The van der Waals surface area contributed by atoms with Crippen molar-refractivity contribution in [2.75, 3.05) is 19.8 Å². The van der Waals surface area contributed by atoms with Crippen molar-refractivity contribution in [3.05, 3.63) is 12.4 Å². The normalized spacial score (nSPS) is 13.4. The summed E-state index contributed by atoms with van der Waals surface area (Å²) < 4.78 is 57.4. The molecular weight excluding hydrogens is 247 g/mol. The Morgan fingerprint density at radius 2 is 1.94 bits per heavy atom. The maximum atomic E-state index is 11.8. The highest BCUT2D eigenvalue weighted by atomic mass is 32.2.